The van der Waals surface area contributed by atoms with Crippen LogP contribution in [0, 0.1) is 3.57 Å². The molecule has 0 N–H and O–H groups in total. The predicted molar refractivity (Wildman–Crippen MR) is 95.4 cm³/mol. The van der Waals surface area contributed by atoms with E-state index in [1.165, 1.54) is 5.56 Å². The second kappa shape index (κ2) is 5.98. The van der Waals surface area contributed by atoms with E-state index in [2.05, 4.69) is 59.3 Å². The van der Waals surface area contributed by atoms with Gasteiger partial charge in [-0.05, 0) is 51.8 Å². The minimum Gasteiger partial charge on any atom is -0.289 e. The number of halogens is 2. The Morgan fingerprint density at radius 3 is 2.20 bits per heavy atom. The average molecular weight is 443 g/mol. The van der Waals surface area contributed by atoms with E-state index < -0.39 is 0 Å². The summed E-state index contributed by atoms with van der Waals surface area (Å²) in [5, 5.41) is 0. The summed E-state index contributed by atoms with van der Waals surface area (Å²) < 4.78 is 1.89. The minimum atomic E-state index is 0.0517. The number of hydrogen-bond acceptors (Lipinski definition) is 1. The Morgan fingerprint density at radius 1 is 1.05 bits per heavy atom. The molecule has 0 saturated heterocycles. The first-order chi connectivity index (χ1) is 9.29. The van der Waals surface area contributed by atoms with Crippen molar-refractivity contribution in [2.45, 2.75) is 26.2 Å². The van der Waals surface area contributed by atoms with Gasteiger partial charge in [0, 0.05) is 19.2 Å². The maximum absolute atomic E-state index is 12.5. The highest BCUT2D eigenvalue weighted by molar-refractivity contribution is 14.1. The third-order valence-corrected chi connectivity index (χ3v) is 4.55. The Labute approximate surface area is 142 Å². The maximum Gasteiger partial charge on any atom is 0.194 e. The molecule has 0 spiro atoms. The molecule has 0 heterocycles. The summed E-state index contributed by atoms with van der Waals surface area (Å²) in [5.74, 6) is 0.0517. The van der Waals surface area contributed by atoms with Gasteiger partial charge in [-0.15, -0.1) is 0 Å². The summed E-state index contributed by atoms with van der Waals surface area (Å²) in [7, 11) is 0. The van der Waals surface area contributed by atoms with Crippen molar-refractivity contribution in [2.24, 2.45) is 0 Å². The van der Waals surface area contributed by atoms with E-state index in [0.29, 0.717) is 5.56 Å². The van der Waals surface area contributed by atoms with Crippen LogP contribution in [-0.4, -0.2) is 5.78 Å². The molecule has 104 valence electrons. The summed E-state index contributed by atoms with van der Waals surface area (Å²) in [6.45, 7) is 6.50. The van der Waals surface area contributed by atoms with E-state index in [0.717, 1.165) is 13.6 Å². The zero-order valence-electron chi connectivity index (χ0n) is 11.7. The van der Waals surface area contributed by atoms with E-state index >= 15 is 0 Å². The summed E-state index contributed by atoms with van der Waals surface area (Å²) in [5.41, 5.74) is 2.77. The molecule has 2 rings (SSSR count). The highest BCUT2D eigenvalue weighted by atomic mass is 127. The topological polar surface area (TPSA) is 17.1 Å². The van der Waals surface area contributed by atoms with Gasteiger partial charge in [-0.2, -0.15) is 0 Å². The van der Waals surface area contributed by atoms with Crippen molar-refractivity contribution in [2.75, 3.05) is 0 Å². The molecule has 0 unspecified atom stereocenters. The number of benzene rings is 2. The molecule has 0 radical (unpaired) electrons. The monoisotopic (exact) mass is 442 g/mol. The number of carbonyl (C=O) groups excluding carboxylic acids is 1. The van der Waals surface area contributed by atoms with Crippen molar-refractivity contribution in [3.8, 4) is 0 Å². The van der Waals surface area contributed by atoms with Gasteiger partial charge in [-0.25, -0.2) is 0 Å². The zero-order valence-corrected chi connectivity index (χ0v) is 15.4. The van der Waals surface area contributed by atoms with Crippen LogP contribution < -0.4 is 0 Å². The van der Waals surface area contributed by atoms with Crippen LogP contribution in [0.25, 0.3) is 0 Å². The van der Waals surface area contributed by atoms with Crippen molar-refractivity contribution >= 4 is 44.3 Å². The van der Waals surface area contributed by atoms with Crippen molar-refractivity contribution < 1.29 is 4.79 Å². The van der Waals surface area contributed by atoms with Crippen LogP contribution in [0.4, 0.5) is 0 Å². The van der Waals surface area contributed by atoms with Gasteiger partial charge < -0.3 is 0 Å². The van der Waals surface area contributed by atoms with Crippen LogP contribution in [0.3, 0.4) is 0 Å². The molecule has 0 aromatic heterocycles. The van der Waals surface area contributed by atoms with Crippen LogP contribution in [-0.2, 0) is 5.41 Å². The zero-order chi connectivity index (χ0) is 14.9. The Balaban J connectivity index is 2.37. The summed E-state index contributed by atoms with van der Waals surface area (Å²) >= 11 is 5.67. The molecule has 0 amide bonds. The van der Waals surface area contributed by atoms with Gasteiger partial charge in [-0.3, -0.25) is 4.79 Å². The van der Waals surface area contributed by atoms with Gasteiger partial charge in [0.2, 0.25) is 0 Å². The molecule has 2 aromatic rings. The van der Waals surface area contributed by atoms with Crippen molar-refractivity contribution in [3.63, 3.8) is 0 Å². The number of rotatable bonds is 2. The van der Waals surface area contributed by atoms with E-state index in [9.17, 15) is 4.79 Å². The van der Waals surface area contributed by atoms with Crippen LogP contribution in [0.5, 0.6) is 0 Å². The van der Waals surface area contributed by atoms with Gasteiger partial charge in [0.25, 0.3) is 0 Å². The van der Waals surface area contributed by atoms with Gasteiger partial charge in [0.1, 0.15) is 0 Å². The molecular formula is C17H16BrIO. The lowest BCUT2D eigenvalue weighted by Crippen LogP contribution is -2.11. The molecule has 0 bridgehead atoms. The first kappa shape index (κ1) is 15.7. The van der Waals surface area contributed by atoms with Crippen molar-refractivity contribution in [1.29, 1.82) is 0 Å². The summed E-state index contributed by atoms with van der Waals surface area (Å²) in [4.78, 5) is 12.5. The molecule has 20 heavy (non-hydrogen) atoms. The number of ketones is 1. The van der Waals surface area contributed by atoms with Crippen molar-refractivity contribution in [3.05, 3.63) is 67.2 Å². The fraction of sp³-hybridized carbons (Fsp3) is 0.235. The maximum atomic E-state index is 12.5. The average Bonchev–Trinajstić information content (AvgIpc) is 2.40. The number of hydrogen-bond donors (Lipinski definition) is 0. The second-order valence-electron chi connectivity index (χ2n) is 5.78. The van der Waals surface area contributed by atoms with Crippen molar-refractivity contribution in [1.82, 2.24) is 0 Å². The lowest BCUT2D eigenvalue weighted by atomic mass is 9.86. The smallest absolute Gasteiger partial charge is 0.194 e. The van der Waals surface area contributed by atoms with E-state index in [1.54, 1.807) is 0 Å². The Kier molecular flexibility index (Phi) is 4.69. The summed E-state index contributed by atoms with van der Waals surface area (Å²) in [6.07, 6.45) is 0. The van der Waals surface area contributed by atoms with Crippen LogP contribution in [0.1, 0.15) is 42.3 Å². The van der Waals surface area contributed by atoms with E-state index in [4.69, 9.17) is 0 Å². The standard InChI is InChI=1S/C17H16BrIO/c1-17(2,3)12-6-4-11(5-7-12)16(20)14-10-13(19)8-9-15(14)18/h4-10H,1-3H3. The highest BCUT2D eigenvalue weighted by Crippen LogP contribution is 2.25. The summed E-state index contributed by atoms with van der Waals surface area (Å²) in [6, 6.07) is 13.7. The van der Waals surface area contributed by atoms with Gasteiger partial charge in [-0.1, -0.05) is 61.0 Å². The van der Waals surface area contributed by atoms with Crippen LogP contribution >= 0.6 is 38.5 Å². The molecule has 3 heteroatoms. The highest BCUT2D eigenvalue weighted by Gasteiger charge is 2.16. The van der Waals surface area contributed by atoms with Gasteiger partial charge >= 0.3 is 0 Å². The fourth-order valence-corrected chi connectivity index (χ4v) is 2.87. The van der Waals surface area contributed by atoms with E-state index in [1.807, 2.05) is 42.5 Å². The molecule has 0 fully saturated rings. The minimum absolute atomic E-state index is 0.0517. The SMILES string of the molecule is CC(C)(C)c1ccc(C(=O)c2cc(I)ccc2Br)cc1. The van der Waals surface area contributed by atoms with E-state index in [-0.39, 0.29) is 11.2 Å². The first-order valence-corrected chi connectivity index (χ1v) is 8.26. The van der Waals surface area contributed by atoms with Crippen LogP contribution in [0.15, 0.2) is 46.9 Å². The Bertz CT molecular complexity index is 639. The largest absolute Gasteiger partial charge is 0.289 e. The molecule has 0 aliphatic heterocycles. The molecule has 0 saturated carbocycles. The van der Waals surface area contributed by atoms with Gasteiger partial charge in [0.05, 0.1) is 0 Å². The normalized spacial score (nSPS) is 11.4. The second-order valence-corrected chi connectivity index (χ2v) is 7.88. The molecule has 0 atom stereocenters. The molecular weight excluding hydrogens is 427 g/mol. The third kappa shape index (κ3) is 3.50. The molecule has 2 aromatic carbocycles. The molecule has 0 aliphatic carbocycles. The molecule has 1 nitrogen and oxygen atoms in total. The first-order valence-electron chi connectivity index (χ1n) is 6.39. The Morgan fingerprint density at radius 2 is 1.65 bits per heavy atom. The number of carbonyl (C=O) groups is 1. The lowest BCUT2D eigenvalue weighted by molar-refractivity contribution is 0.103. The predicted octanol–water partition coefficient (Wildman–Crippen LogP) is 5.58. The fourth-order valence-electron chi connectivity index (χ4n) is 1.95. The van der Waals surface area contributed by atoms with Crippen LogP contribution in [0.2, 0.25) is 0 Å². The lowest BCUT2D eigenvalue weighted by Gasteiger charge is -2.19. The van der Waals surface area contributed by atoms with Gasteiger partial charge in [0.15, 0.2) is 5.78 Å². The Hall–Kier alpha value is -0.680. The molecule has 0 aliphatic rings. The quantitative estimate of drug-likeness (QED) is 0.438. The third-order valence-electron chi connectivity index (χ3n) is 3.19.